The highest BCUT2D eigenvalue weighted by molar-refractivity contribution is 6.00. The van der Waals surface area contributed by atoms with Crippen molar-refractivity contribution in [3.05, 3.63) is 35.9 Å². The summed E-state index contributed by atoms with van der Waals surface area (Å²) in [7, 11) is 1.33. The van der Waals surface area contributed by atoms with Gasteiger partial charge in [-0.1, -0.05) is 44.2 Å². The highest BCUT2D eigenvalue weighted by Crippen LogP contribution is 2.24. The Balaban J connectivity index is 2.05. The van der Waals surface area contributed by atoms with Crippen LogP contribution in [0.2, 0.25) is 0 Å². The number of piperidine rings is 1. The lowest BCUT2D eigenvalue weighted by Crippen LogP contribution is -2.59. The molecule has 0 bridgehead atoms. The molecule has 30 heavy (non-hydrogen) atoms. The molecule has 2 rings (SSSR count). The number of nitrogens with zero attached hydrogens (tertiary/aromatic N) is 2. The number of ether oxygens (including phenoxy) is 1. The molecule has 0 unspecified atom stereocenters. The van der Waals surface area contributed by atoms with E-state index in [9.17, 15) is 24.4 Å². The van der Waals surface area contributed by atoms with Crippen LogP contribution >= 0.6 is 0 Å². The quantitative estimate of drug-likeness (QED) is 0.651. The first-order valence-electron chi connectivity index (χ1n) is 9.67. The van der Waals surface area contributed by atoms with Gasteiger partial charge in [-0.2, -0.15) is 5.26 Å². The van der Waals surface area contributed by atoms with E-state index in [1.807, 2.05) is 50.2 Å². The van der Waals surface area contributed by atoms with Crippen molar-refractivity contribution in [3.63, 3.8) is 0 Å². The van der Waals surface area contributed by atoms with Crippen LogP contribution in [0, 0.1) is 17.2 Å². The molecule has 1 saturated heterocycles. The number of nitriles is 1. The van der Waals surface area contributed by atoms with Crippen LogP contribution in [-0.2, 0) is 25.7 Å². The van der Waals surface area contributed by atoms with Crippen molar-refractivity contribution in [2.45, 2.75) is 51.3 Å². The number of carbonyl (C=O) groups excluding carboxylic acids is 4. The fourth-order valence-electron chi connectivity index (χ4n) is 3.04. The molecule has 0 aliphatic carbocycles. The maximum atomic E-state index is 12.8. The van der Waals surface area contributed by atoms with Crippen molar-refractivity contribution < 1.29 is 23.9 Å². The predicted octanol–water partition coefficient (Wildman–Crippen LogP) is 1.48. The lowest BCUT2D eigenvalue weighted by atomic mass is 9.87. The summed E-state index contributed by atoms with van der Waals surface area (Å²) >= 11 is 0. The minimum atomic E-state index is -1.66. The van der Waals surface area contributed by atoms with E-state index >= 15 is 0 Å². The fourth-order valence-corrected chi connectivity index (χ4v) is 3.04. The van der Waals surface area contributed by atoms with Crippen LogP contribution in [0.1, 0.15) is 38.7 Å². The van der Waals surface area contributed by atoms with Crippen LogP contribution < -0.4 is 10.6 Å². The van der Waals surface area contributed by atoms with E-state index in [0.717, 1.165) is 10.5 Å². The molecule has 1 aromatic rings. The second-order valence-electron chi connectivity index (χ2n) is 7.75. The summed E-state index contributed by atoms with van der Waals surface area (Å²) in [4.78, 5) is 50.0. The van der Waals surface area contributed by atoms with Gasteiger partial charge in [-0.25, -0.2) is 4.79 Å². The second-order valence-corrected chi connectivity index (χ2v) is 7.75. The summed E-state index contributed by atoms with van der Waals surface area (Å²) in [5, 5.41) is 14.6. The maximum Gasteiger partial charge on any atom is 0.408 e. The van der Waals surface area contributed by atoms with Gasteiger partial charge < -0.3 is 15.4 Å². The van der Waals surface area contributed by atoms with Crippen molar-refractivity contribution in [1.29, 1.82) is 5.26 Å². The smallest absolute Gasteiger partial charge is 0.408 e. The number of amides is 4. The highest BCUT2D eigenvalue weighted by atomic mass is 16.6. The van der Waals surface area contributed by atoms with Crippen LogP contribution in [0.25, 0.3) is 0 Å². The van der Waals surface area contributed by atoms with E-state index in [2.05, 4.69) is 10.6 Å². The van der Waals surface area contributed by atoms with E-state index in [1.165, 1.54) is 7.05 Å². The normalized spacial score (nSPS) is 16.6. The minimum Gasteiger partial charge on any atom is -0.436 e. The number of likely N-dealkylation sites (tertiary alicyclic amines) is 1. The van der Waals surface area contributed by atoms with Gasteiger partial charge in [0.15, 0.2) is 6.10 Å². The number of hydrogen-bond acceptors (Lipinski definition) is 6. The van der Waals surface area contributed by atoms with E-state index in [4.69, 9.17) is 4.74 Å². The summed E-state index contributed by atoms with van der Waals surface area (Å²) in [6, 6.07) is 11.1. The molecule has 1 aliphatic rings. The minimum absolute atomic E-state index is 0.0152. The molecule has 1 aliphatic heterocycles. The number of benzene rings is 1. The molecule has 160 valence electrons. The standard InChI is InChI=1S/C21H26N4O5/c1-14(2)9-16(30-20(29)23-12-15-7-5-4-6-8-15)19(28)24-21(13-22)10-17(26)25(3)18(27)11-21/h4-8,14,16H,9-12H2,1-3H3,(H,23,29)(H,24,28)/t16-/m0/s1. The Hall–Kier alpha value is -3.41. The van der Waals surface area contributed by atoms with Gasteiger partial charge in [-0.05, 0) is 17.9 Å². The van der Waals surface area contributed by atoms with Crippen LogP contribution in [0.4, 0.5) is 4.79 Å². The third-order valence-corrected chi connectivity index (χ3v) is 4.74. The third-order valence-electron chi connectivity index (χ3n) is 4.74. The van der Waals surface area contributed by atoms with Crippen LogP contribution in [0.3, 0.4) is 0 Å². The first-order valence-corrected chi connectivity index (χ1v) is 9.67. The van der Waals surface area contributed by atoms with E-state index in [0.29, 0.717) is 0 Å². The fraction of sp³-hybridized carbons (Fsp3) is 0.476. The maximum absolute atomic E-state index is 12.8. The summed E-state index contributed by atoms with van der Waals surface area (Å²) in [5.74, 6) is -1.82. The summed E-state index contributed by atoms with van der Waals surface area (Å²) in [6.45, 7) is 3.94. The Kier molecular flexibility index (Phi) is 7.53. The molecule has 9 heteroatoms. The van der Waals surface area contributed by atoms with Gasteiger partial charge in [0.25, 0.3) is 5.91 Å². The molecule has 0 aromatic heterocycles. The van der Waals surface area contributed by atoms with Crippen molar-refractivity contribution >= 4 is 23.8 Å². The van der Waals surface area contributed by atoms with E-state index < -0.39 is 35.5 Å². The lowest BCUT2D eigenvalue weighted by molar-refractivity contribution is -0.149. The van der Waals surface area contributed by atoms with Gasteiger partial charge in [0.1, 0.15) is 5.54 Å². The summed E-state index contributed by atoms with van der Waals surface area (Å²) < 4.78 is 5.30. The average Bonchev–Trinajstić information content (AvgIpc) is 2.70. The van der Waals surface area contributed by atoms with E-state index in [1.54, 1.807) is 0 Å². The molecule has 2 N–H and O–H groups in total. The summed E-state index contributed by atoms with van der Waals surface area (Å²) in [6.07, 6.45) is -2.39. The predicted molar refractivity (Wildman–Crippen MR) is 107 cm³/mol. The number of carbonyl (C=O) groups is 4. The zero-order valence-corrected chi connectivity index (χ0v) is 17.3. The molecule has 4 amide bonds. The number of rotatable bonds is 7. The molecule has 1 heterocycles. The van der Waals surface area contributed by atoms with Crippen LogP contribution in [-0.4, -0.2) is 47.4 Å². The first-order chi connectivity index (χ1) is 14.2. The molecule has 0 saturated carbocycles. The number of imide groups is 1. The van der Waals surface area contributed by atoms with Gasteiger partial charge in [-0.3, -0.25) is 19.3 Å². The molecule has 1 fully saturated rings. The molecule has 1 aromatic carbocycles. The van der Waals surface area contributed by atoms with Gasteiger partial charge in [0.05, 0.1) is 18.9 Å². The molecule has 9 nitrogen and oxygen atoms in total. The number of alkyl carbamates (subject to hydrolysis) is 1. The second kappa shape index (κ2) is 9.87. The highest BCUT2D eigenvalue weighted by Gasteiger charge is 2.45. The molecule has 0 spiro atoms. The van der Waals surface area contributed by atoms with E-state index in [-0.39, 0.29) is 31.7 Å². The van der Waals surface area contributed by atoms with Gasteiger partial charge >= 0.3 is 6.09 Å². The van der Waals surface area contributed by atoms with Gasteiger partial charge in [-0.15, -0.1) is 0 Å². The third kappa shape index (κ3) is 6.04. The summed E-state index contributed by atoms with van der Waals surface area (Å²) in [5.41, 5.74) is -0.789. The van der Waals surface area contributed by atoms with Crippen LogP contribution in [0.5, 0.6) is 0 Å². The van der Waals surface area contributed by atoms with Gasteiger partial charge in [0.2, 0.25) is 11.8 Å². The molecular weight excluding hydrogens is 388 g/mol. The largest absolute Gasteiger partial charge is 0.436 e. The Bertz CT molecular complexity index is 829. The molecule has 1 atom stereocenters. The Morgan fingerprint density at radius 1 is 1.20 bits per heavy atom. The van der Waals surface area contributed by atoms with Crippen molar-refractivity contribution in [1.82, 2.24) is 15.5 Å². The van der Waals surface area contributed by atoms with Crippen LogP contribution in [0.15, 0.2) is 30.3 Å². The monoisotopic (exact) mass is 414 g/mol. The molecule has 0 radical (unpaired) electrons. The van der Waals surface area contributed by atoms with Crippen molar-refractivity contribution in [2.24, 2.45) is 5.92 Å². The lowest BCUT2D eigenvalue weighted by Gasteiger charge is -2.35. The van der Waals surface area contributed by atoms with Gasteiger partial charge in [0, 0.05) is 13.6 Å². The molecular formula is C21H26N4O5. The van der Waals surface area contributed by atoms with Crippen molar-refractivity contribution in [3.8, 4) is 6.07 Å². The first kappa shape index (κ1) is 22.9. The average molecular weight is 414 g/mol. The Morgan fingerprint density at radius 3 is 2.33 bits per heavy atom. The zero-order chi connectivity index (χ0) is 22.3. The number of nitrogens with one attached hydrogen (secondary N) is 2. The Labute approximate surface area is 175 Å². The van der Waals surface area contributed by atoms with Crippen molar-refractivity contribution in [2.75, 3.05) is 7.05 Å². The zero-order valence-electron chi connectivity index (χ0n) is 17.3. The number of hydrogen-bond donors (Lipinski definition) is 2. The Morgan fingerprint density at radius 2 is 1.80 bits per heavy atom. The topological polar surface area (TPSA) is 129 Å². The SMILES string of the molecule is CC(C)C[C@H](OC(=O)NCc1ccccc1)C(=O)NC1(C#N)CC(=O)N(C)C(=O)C1.